The van der Waals surface area contributed by atoms with Crippen molar-refractivity contribution in [3.05, 3.63) is 18.0 Å². The molecular weight excluding hydrogens is 314 g/mol. The van der Waals surface area contributed by atoms with E-state index in [1.54, 1.807) is 0 Å². The van der Waals surface area contributed by atoms with E-state index >= 15 is 0 Å². The van der Waals surface area contributed by atoms with E-state index in [1.807, 2.05) is 22.8 Å². The lowest BCUT2D eigenvalue weighted by Gasteiger charge is -2.24. The Morgan fingerprint density at radius 2 is 2.04 bits per heavy atom. The van der Waals surface area contributed by atoms with Crippen molar-refractivity contribution in [3.63, 3.8) is 0 Å². The van der Waals surface area contributed by atoms with Crippen molar-refractivity contribution in [3.8, 4) is 0 Å². The van der Waals surface area contributed by atoms with E-state index in [2.05, 4.69) is 21.5 Å². The summed E-state index contributed by atoms with van der Waals surface area (Å²) in [5, 5.41) is 7.53. The first-order chi connectivity index (χ1) is 12.2. The van der Waals surface area contributed by atoms with Crippen molar-refractivity contribution >= 4 is 6.03 Å². The van der Waals surface area contributed by atoms with E-state index in [-0.39, 0.29) is 6.03 Å². The number of hydrogen-bond donors (Lipinski definition) is 1. The summed E-state index contributed by atoms with van der Waals surface area (Å²) in [7, 11) is 1.95. The summed E-state index contributed by atoms with van der Waals surface area (Å²) < 4.78 is 1.85. The molecule has 2 atom stereocenters. The van der Waals surface area contributed by atoms with Crippen LogP contribution in [0.2, 0.25) is 0 Å². The van der Waals surface area contributed by atoms with E-state index in [9.17, 15) is 4.79 Å². The minimum atomic E-state index is 0.145. The minimum absolute atomic E-state index is 0.145. The molecule has 0 aromatic carbocycles. The number of amides is 2. The molecule has 1 aliphatic carbocycles. The molecule has 1 saturated carbocycles. The number of carbonyl (C=O) groups excluding carboxylic acids is 1. The van der Waals surface area contributed by atoms with Gasteiger partial charge in [0.2, 0.25) is 0 Å². The summed E-state index contributed by atoms with van der Waals surface area (Å²) in [4.78, 5) is 17.2. The number of carbonyl (C=O) groups is 1. The van der Waals surface area contributed by atoms with Gasteiger partial charge in [-0.3, -0.25) is 9.58 Å². The van der Waals surface area contributed by atoms with Gasteiger partial charge >= 0.3 is 6.03 Å². The van der Waals surface area contributed by atoms with E-state index in [0.29, 0.717) is 12.0 Å². The number of nitrogens with one attached hydrogen (secondary N) is 1. The van der Waals surface area contributed by atoms with Crippen LogP contribution in [0.1, 0.15) is 44.1 Å². The van der Waals surface area contributed by atoms with Gasteiger partial charge < -0.3 is 10.2 Å². The maximum Gasteiger partial charge on any atom is 0.317 e. The normalized spacial score (nSPS) is 28.1. The largest absolute Gasteiger partial charge is 0.334 e. The number of aromatic nitrogens is 2. The topological polar surface area (TPSA) is 53.4 Å². The number of aryl methyl sites for hydroxylation is 1. The SMILES string of the molecule is Cn1cc(CC2CCN(C(=O)NC3CCN(C4CCCC4)C3)C2)cn1. The highest BCUT2D eigenvalue weighted by atomic mass is 16.2. The Kier molecular flexibility index (Phi) is 4.97. The highest BCUT2D eigenvalue weighted by Crippen LogP contribution is 2.27. The zero-order valence-corrected chi connectivity index (χ0v) is 15.4. The standard InChI is InChI=1S/C19H31N5O/c1-22-12-16(11-20-22)10-15-6-8-24(13-15)19(25)21-17-7-9-23(14-17)18-4-2-3-5-18/h11-12,15,17-18H,2-10,13-14H2,1H3,(H,21,25). The second kappa shape index (κ2) is 7.36. The van der Waals surface area contributed by atoms with Crippen molar-refractivity contribution in [2.45, 2.75) is 57.0 Å². The molecular formula is C19H31N5O. The number of rotatable bonds is 4. The van der Waals surface area contributed by atoms with E-state index < -0.39 is 0 Å². The van der Waals surface area contributed by atoms with Crippen LogP contribution in [-0.2, 0) is 13.5 Å². The summed E-state index contributed by atoms with van der Waals surface area (Å²) >= 11 is 0. The van der Waals surface area contributed by atoms with Gasteiger partial charge in [-0.2, -0.15) is 5.10 Å². The average molecular weight is 345 g/mol. The molecule has 6 heteroatoms. The van der Waals surface area contributed by atoms with Crippen molar-refractivity contribution in [1.29, 1.82) is 0 Å². The molecule has 2 amide bonds. The monoisotopic (exact) mass is 345 g/mol. The van der Waals surface area contributed by atoms with E-state index in [0.717, 1.165) is 51.5 Å². The first-order valence-electron chi connectivity index (χ1n) is 9.94. The Labute approximate surface area is 150 Å². The molecule has 1 N–H and O–H groups in total. The summed E-state index contributed by atoms with van der Waals surface area (Å²) in [5.41, 5.74) is 1.28. The van der Waals surface area contributed by atoms with Gasteiger partial charge in [-0.25, -0.2) is 4.79 Å². The molecule has 2 unspecified atom stereocenters. The van der Waals surface area contributed by atoms with Crippen LogP contribution in [-0.4, -0.2) is 63.9 Å². The zero-order valence-electron chi connectivity index (χ0n) is 15.4. The second-order valence-corrected chi connectivity index (χ2v) is 8.20. The van der Waals surface area contributed by atoms with Crippen LogP contribution in [0.25, 0.3) is 0 Å². The van der Waals surface area contributed by atoms with Gasteiger partial charge in [-0.15, -0.1) is 0 Å². The van der Waals surface area contributed by atoms with Gasteiger partial charge in [0.05, 0.1) is 6.20 Å². The molecule has 4 rings (SSSR count). The van der Waals surface area contributed by atoms with Crippen LogP contribution in [0, 0.1) is 5.92 Å². The Morgan fingerprint density at radius 1 is 1.20 bits per heavy atom. The first-order valence-corrected chi connectivity index (χ1v) is 9.94. The fraction of sp³-hybridized carbons (Fsp3) is 0.789. The quantitative estimate of drug-likeness (QED) is 0.908. The molecule has 2 aliphatic heterocycles. The number of hydrogen-bond acceptors (Lipinski definition) is 3. The Morgan fingerprint density at radius 3 is 2.80 bits per heavy atom. The van der Waals surface area contributed by atoms with Crippen LogP contribution in [0.15, 0.2) is 12.4 Å². The molecule has 25 heavy (non-hydrogen) atoms. The minimum Gasteiger partial charge on any atom is -0.334 e. The Balaban J connectivity index is 1.22. The average Bonchev–Trinajstić information content (AvgIpc) is 3.34. The summed E-state index contributed by atoms with van der Waals surface area (Å²) in [5.74, 6) is 0.563. The predicted octanol–water partition coefficient (Wildman–Crippen LogP) is 2.01. The lowest BCUT2D eigenvalue weighted by atomic mass is 10.0. The molecule has 0 radical (unpaired) electrons. The maximum absolute atomic E-state index is 12.6. The molecule has 3 heterocycles. The molecule has 3 fully saturated rings. The molecule has 138 valence electrons. The molecule has 1 aromatic heterocycles. The molecule has 0 spiro atoms. The predicted molar refractivity (Wildman–Crippen MR) is 97.4 cm³/mol. The summed E-state index contributed by atoms with van der Waals surface area (Å²) in [6.07, 6.45) is 12.7. The van der Waals surface area contributed by atoms with Crippen LogP contribution in [0.5, 0.6) is 0 Å². The van der Waals surface area contributed by atoms with Crippen LogP contribution in [0.3, 0.4) is 0 Å². The maximum atomic E-state index is 12.6. The molecule has 0 bridgehead atoms. The fourth-order valence-corrected chi connectivity index (χ4v) is 4.87. The van der Waals surface area contributed by atoms with E-state index in [1.165, 1.54) is 31.2 Å². The van der Waals surface area contributed by atoms with Gasteiger partial charge in [0.1, 0.15) is 0 Å². The summed E-state index contributed by atoms with van der Waals surface area (Å²) in [6.45, 7) is 3.96. The van der Waals surface area contributed by atoms with Gasteiger partial charge in [-0.1, -0.05) is 12.8 Å². The summed E-state index contributed by atoms with van der Waals surface area (Å²) in [6, 6.07) is 1.26. The van der Waals surface area contributed by atoms with Gasteiger partial charge in [0.15, 0.2) is 0 Å². The van der Waals surface area contributed by atoms with Crippen molar-refractivity contribution in [1.82, 2.24) is 24.9 Å². The van der Waals surface area contributed by atoms with Crippen LogP contribution >= 0.6 is 0 Å². The lowest BCUT2D eigenvalue weighted by molar-refractivity contribution is 0.200. The van der Waals surface area contributed by atoms with Crippen molar-refractivity contribution < 1.29 is 4.79 Å². The number of urea groups is 1. The smallest absolute Gasteiger partial charge is 0.317 e. The highest BCUT2D eigenvalue weighted by molar-refractivity contribution is 5.74. The lowest BCUT2D eigenvalue weighted by Crippen LogP contribution is -2.45. The van der Waals surface area contributed by atoms with Crippen LogP contribution < -0.4 is 5.32 Å². The van der Waals surface area contributed by atoms with Gasteiger partial charge in [-0.05, 0) is 43.6 Å². The van der Waals surface area contributed by atoms with E-state index in [4.69, 9.17) is 0 Å². The number of likely N-dealkylation sites (tertiary alicyclic amines) is 2. The molecule has 2 saturated heterocycles. The first kappa shape index (κ1) is 16.9. The molecule has 6 nitrogen and oxygen atoms in total. The van der Waals surface area contributed by atoms with Crippen LogP contribution in [0.4, 0.5) is 4.79 Å². The number of nitrogens with zero attached hydrogens (tertiary/aromatic N) is 4. The highest BCUT2D eigenvalue weighted by Gasteiger charge is 2.33. The van der Waals surface area contributed by atoms with Crippen molar-refractivity contribution in [2.75, 3.05) is 26.2 Å². The van der Waals surface area contributed by atoms with Gasteiger partial charge in [0, 0.05) is 51.5 Å². The third-order valence-corrected chi connectivity index (χ3v) is 6.24. The Hall–Kier alpha value is -1.56. The second-order valence-electron chi connectivity index (χ2n) is 8.20. The molecule has 1 aromatic rings. The molecule has 3 aliphatic rings. The Bertz CT molecular complexity index is 594. The van der Waals surface area contributed by atoms with Crippen molar-refractivity contribution in [2.24, 2.45) is 13.0 Å². The third kappa shape index (κ3) is 4.00. The van der Waals surface area contributed by atoms with Gasteiger partial charge in [0.25, 0.3) is 0 Å². The zero-order chi connectivity index (χ0) is 17.2. The fourth-order valence-electron chi connectivity index (χ4n) is 4.87. The third-order valence-electron chi connectivity index (χ3n) is 6.24.